The summed E-state index contributed by atoms with van der Waals surface area (Å²) in [5.74, 6) is -2.76. The first kappa shape index (κ1) is 20.4. The molecule has 0 radical (unpaired) electrons. The highest BCUT2D eigenvalue weighted by Gasteiger charge is 2.17. The molecule has 1 heterocycles. The normalized spacial score (nSPS) is 11.3. The van der Waals surface area contributed by atoms with Gasteiger partial charge in [0, 0.05) is 23.0 Å². The average Bonchev–Trinajstić information content (AvgIpc) is 2.76. The number of hydrogen-bond donors (Lipinski definition) is 2. The van der Waals surface area contributed by atoms with Gasteiger partial charge in [0.15, 0.2) is 11.6 Å². The third kappa shape index (κ3) is 4.36. The third-order valence-electron chi connectivity index (χ3n) is 4.47. The van der Waals surface area contributed by atoms with Crippen molar-refractivity contribution >= 4 is 38.2 Å². The third-order valence-corrected chi connectivity index (χ3v) is 5.85. The Labute approximate surface area is 176 Å². The molecule has 0 unspecified atom stereocenters. The van der Waals surface area contributed by atoms with Gasteiger partial charge < -0.3 is 5.32 Å². The molecule has 0 fully saturated rings. The Morgan fingerprint density at radius 1 is 0.839 bits per heavy atom. The highest BCUT2D eigenvalue weighted by atomic mass is 32.2. The van der Waals surface area contributed by atoms with Crippen LogP contribution in [0.4, 0.5) is 20.2 Å². The molecular formula is C22H15F2N3O3S. The largest absolute Gasteiger partial charge is 0.322 e. The van der Waals surface area contributed by atoms with E-state index in [1.165, 1.54) is 24.3 Å². The highest BCUT2D eigenvalue weighted by Crippen LogP contribution is 2.21. The van der Waals surface area contributed by atoms with Crippen molar-refractivity contribution < 1.29 is 22.0 Å². The van der Waals surface area contributed by atoms with Gasteiger partial charge in [0.25, 0.3) is 15.9 Å². The Balaban J connectivity index is 1.50. The smallest absolute Gasteiger partial charge is 0.261 e. The van der Waals surface area contributed by atoms with Crippen molar-refractivity contribution in [3.63, 3.8) is 0 Å². The molecule has 4 rings (SSSR count). The summed E-state index contributed by atoms with van der Waals surface area (Å²) in [4.78, 5) is 16.5. The lowest BCUT2D eigenvalue weighted by Crippen LogP contribution is -2.14. The minimum atomic E-state index is -4.11. The Kier molecular flexibility index (Phi) is 5.35. The molecule has 0 saturated carbocycles. The maximum Gasteiger partial charge on any atom is 0.261 e. The second-order valence-corrected chi connectivity index (χ2v) is 8.28. The van der Waals surface area contributed by atoms with Gasteiger partial charge in [-0.15, -0.1) is 0 Å². The molecular weight excluding hydrogens is 424 g/mol. The summed E-state index contributed by atoms with van der Waals surface area (Å²) in [7, 11) is -4.11. The summed E-state index contributed by atoms with van der Waals surface area (Å²) in [6.45, 7) is 0. The van der Waals surface area contributed by atoms with Crippen LogP contribution in [0.1, 0.15) is 10.4 Å². The van der Waals surface area contributed by atoms with Gasteiger partial charge in [-0.2, -0.15) is 0 Å². The number of para-hydroxylation sites is 1. The molecule has 6 nitrogen and oxygen atoms in total. The van der Waals surface area contributed by atoms with Crippen LogP contribution in [0.15, 0.2) is 83.9 Å². The van der Waals surface area contributed by atoms with Crippen molar-refractivity contribution in [2.24, 2.45) is 0 Å². The van der Waals surface area contributed by atoms with Gasteiger partial charge in [-0.3, -0.25) is 14.5 Å². The van der Waals surface area contributed by atoms with E-state index in [0.717, 1.165) is 17.5 Å². The molecule has 1 amide bonds. The van der Waals surface area contributed by atoms with Crippen LogP contribution in [0.2, 0.25) is 0 Å². The number of nitrogens with one attached hydrogen (secondary N) is 2. The first-order chi connectivity index (χ1) is 14.8. The number of anilines is 2. The van der Waals surface area contributed by atoms with Gasteiger partial charge in [0.05, 0.1) is 16.0 Å². The van der Waals surface area contributed by atoms with Crippen LogP contribution in [0.25, 0.3) is 10.9 Å². The Bertz CT molecular complexity index is 1390. The van der Waals surface area contributed by atoms with Crippen molar-refractivity contribution in [1.82, 2.24) is 4.98 Å². The van der Waals surface area contributed by atoms with E-state index in [1.54, 1.807) is 24.4 Å². The molecule has 9 heteroatoms. The molecule has 3 aromatic carbocycles. The number of carbonyl (C=O) groups excluding carboxylic acids is 1. The van der Waals surface area contributed by atoms with Gasteiger partial charge >= 0.3 is 0 Å². The minimum Gasteiger partial charge on any atom is -0.322 e. The van der Waals surface area contributed by atoms with Gasteiger partial charge in [-0.05, 0) is 54.6 Å². The van der Waals surface area contributed by atoms with Crippen LogP contribution in [-0.4, -0.2) is 19.3 Å². The number of halogens is 2. The molecule has 0 atom stereocenters. The lowest BCUT2D eigenvalue weighted by Gasteiger charge is -2.10. The molecule has 4 aromatic rings. The summed E-state index contributed by atoms with van der Waals surface area (Å²) in [6.07, 6.45) is 1.60. The molecule has 0 aliphatic heterocycles. The number of sulfonamides is 1. The monoisotopic (exact) mass is 439 g/mol. The number of amides is 1. The maximum atomic E-state index is 13.3. The molecule has 31 heavy (non-hydrogen) atoms. The average molecular weight is 439 g/mol. The molecule has 0 saturated heterocycles. The van der Waals surface area contributed by atoms with Crippen LogP contribution < -0.4 is 10.0 Å². The summed E-state index contributed by atoms with van der Waals surface area (Å²) in [6, 6.07) is 17.1. The quantitative estimate of drug-likeness (QED) is 0.477. The SMILES string of the molecule is O=C(Nc1ccc(NS(=O)(=O)c2ccc(F)c(F)c2)cc1)c1cccc2cccnc12. The van der Waals surface area contributed by atoms with Crippen molar-refractivity contribution in [2.45, 2.75) is 4.90 Å². The fraction of sp³-hybridized carbons (Fsp3) is 0. The standard InChI is InChI=1S/C22H15F2N3O3S/c23-19-11-10-17(13-20(19)24)31(29,30)27-16-8-6-15(7-9-16)26-22(28)18-5-1-3-14-4-2-12-25-21(14)18/h1-13,27H,(H,26,28). The summed E-state index contributed by atoms with van der Waals surface area (Å²) < 4.78 is 53.4. The van der Waals surface area contributed by atoms with Gasteiger partial charge in [0.1, 0.15) is 0 Å². The predicted octanol–water partition coefficient (Wildman–Crippen LogP) is 4.57. The zero-order chi connectivity index (χ0) is 22.0. The fourth-order valence-electron chi connectivity index (χ4n) is 2.97. The number of pyridine rings is 1. The van der Waals surface area contributed by atoms with Crippen LogP contribution in [0, 0.1) is 11.6 Å². The van der Waals surface area contributed by atoms with E-state index < -0.39 is 26.6 Å². The highest BCUT2D eigenvalue weighted by molar-refractivity contribution is 7.92. The molecule has 0 bridgehead atoms. The number of hydrogen-bond acceptors (Lipinski definition) is 4. The van der Waals surface area contributed by atoms with Crippen LogP contribution in [0.3, 0.4) is 0 Å². The number of benzene rings is 3. The summed E-state index contributed by atoms with van der Waals surface area (Å²) in [5.41, 5.74) is 1.60. The molecule has 0 aliphatic carbocycles. The van der Waals surface area contributed by atoms with E-state index in [2.05, 4.69) is 15.0 Å². The van der Waals surface area contributed by atoms with Crippen molar-refractivity contribution in [2.75, 3.05) is 10.0 Å². The van der Waals surface area contributed by atoms with Gasteiger partial charge in [0.2, 0.25) is 0 Å². The first-order valence-electron chi connectivity index (χ1n) is 9.06. The second kappa shape index (κ2) is 8.11. The Morgan fingerprint density at radius 3 is 2.29 bits per heavy atom. The lowest BCUT2D eigenvalue weighted by molar-refractivity contribution is 0.102. The van der Waals surface area contributed by atoms with Crippen molar-refractivity contribution in [1.29, 1.82) is 0 Å². The molecule has 0 aliphatic rings. The van der Waals surface area contributed by atoms with E-state index in [1.807, 2.05) is 12.1 Å². The molecule has 1 aromatic heterocycles. The number of rotatable bonds is 5. The molecule has 156 valence electrons. The predicted molar refractivity (Wildman–Crippen MR) is 113 cm³/mol. The van der Waals surface area contributed by atoms with Crippen LogP contribution >= 0.6 is 0 Å². The molecule has 2 N–H and O–H groups in total. The lowest BCUT2D eigenvalue weighted by atomic mass is 10.1. The first-order valence-corrected chi connectivity index (χ1v) is 10.5. The minimum absolute atomic E-state index is 0.189. The topological polar surface area (TPSA) is 88.2 Å². The van der Waals surface area contributed by atoms with E-state index in [-0.39, 0.29) is 11.6 Å². The zero-order valence-electron chi connectivity index (χ0n) is 15.8. The summed E-state index contributed by atoms with van der Waals surface area (Å²) >= 11 is 0. The summed E-state index contributed by atoms with van der Waals surface area (Å²) in [5, 5.41) is 3.57. The molecule has 0 spiro atoms. The Morgan fingerprint density at radius 2 is 1.55 bits per heavy atom. The van der Waals surface area contributed by atoms with Crippen LogP contribution in [0.5, 0.6) is 0 Å². The Hall–Kier alpha value is -3.85. The number of aromatic nitrogens is 1. The number of nitrogens with zero attached hydrogens (tertiary/aromatic N) is 1. The zero-order valence-corrected chi connectivity index (χ0v) is 16.7. The van der Waals surface area contributed by atoms with Gasteiger partial charge in [-0.25, -0.2) is 17.2 Å². The van der Waals surface area contributed by atoms with Crippen LogP contribution in [-0.2, 0) is 10.0 Å². The van der Waals surface area contributed by atoms with Crippen molar-refractivity contribution in [3.05, 3.63) is 96.2 Å². The van der Waals surface area contributed by atoms with Crippen molar-refractivity contribution in [3.8, 4) is 0 Å². The number of fused-ring (bicyclic) bond motifs is 1. The number of carbonyl (C=O) groups is 1. The second-order valence-electron chi connectivity index (χ2n) is 6.59. The van der Waals surface area contributed by atoms with E-state index in [9.17, 15) is 22.0 Å². The maximum absolute atomic E-state index is 13.3. The van der Waals surface area contributed by atoms with Gasteiger partial charge in [-0.1, -0.05) is 18.2 Å². The van der Waals surface area contributed by atoms with E-state index >= 15 is 0 Å². The van der Waals surface area contributed by atoms with E-state index in [4.69, 9.17) is 0 Å². The van der Waals surface area contributed by atoms with E-state index in [0.29, 0.717) is 22.8 Å². The fourth-order valence-corrected chi connectivity index (χ4v) is 4.04.